The van der Waals surface area contributed by atoms with Gasteiger partial charge in [0.1, 0.15) is 5.82 Å². The summed E-state index contributed by atoms with van der Waals surface area (Å²) in [7, 11) is 0. The van der Waals surface area contributed by atoms with Gasteiger partial charge in [-0.3, -0.25) is 14.6 Å². The van der Waals surface area contributed by atoms with Crippen molar-refractivity contribution >= 4 is 68.5 Å². The number of carbonyl (C=O) groups excluding carboxylic acids is 1. The Balaban J connectivity index is 0.00000306. The Labute approximate surface area is 212 Å². The van der Waals surface area contributed by atoms with Crippen LogP contribution in [0.25, 0.3) is 10.2 Å². The maximum atomic E-state index is 13.3. The van der Waals surface area contributed by atoms with Gasteiger partial charge in [0, 0.05) is 48.1 Å². The highest BCUT2D eigenvalue weighted by Crippen LogP contribution is 2.34. The van der Waals surface area contributed by atoms with Crippen molar-refractivity contribution in [1.82, 2.24) is 9.88 Å². The maximum Gasteiger partial charge on any atom is 0.229 e. The molecule has 0 spiro atoms. The molecular formula is C23H27ClFN3O2S3. The molecule has 3 aromatic rings. The third kappa shape index (κ3) is 7.07. The Hall–Kier alpha value is -1.36. The van der Waals surface area contributed by atoms with Crippen LogP contribution in [0, 0.1) is 5.82 Å². The van der Waals surface area contributed by atoms with Crippen LogP contribution in [0.1, 0.15) is 6.42 Å². The lowest BCUT2D eigenvalue weighted by molar-refractivity contribution is -0.118. The Morgan fingerprint density at radius 1 is 1.21 bits per heavy atom. The highest BCUT2D eigenvalue weighted by atomic mass is 35.5. The van der Waals surface area contributed by atoms with Crippen LogP contribution in [-0.2, 0) is 9.53 Å². The van der Waals surface area contributed by atoms with Gasteiger partial charge < -0.3 is 4.74 Å². The standard InChI is InChI=1S/C23H26FN3O2S3.ClH/c1-30-19-3-2-4-20-22(19)25-23(32-20)27(11-10-26-12-14-29-15-13-26)21(28)9-16-31-18-7-5-17(24)6-8-18;/h2-8H,9-16H2,1H3;1H. The molecule has 0 saturated carbocycles. The number of hydrogen-bond acceptors (Lipinski definition) is 7. The van der Waals surface area contributed by atoms with Gasteiger partial charge in [0.25, 0.3) is 0 Å². The van der Waals surface area contributed by atoms with Gasteiger partial charge in [-0.1, -0.05) is 17.4 Å². The molecule has 33 heavy (non-hydrogen) atoms. The number of benzene rings is 2. The van der Waals surface area contributed by atoms with E-state index in [0.717, 1.165) is 58.0 Å². The number of amides is 1. The van der Waals surface area contributed by atoms with E-state index in [2.05, 4.69) is 17.0 Å². The smallest absolute Gasteiger partial charge is 0.229 e. The zero-order valence-corrected chi connectivity index (χ0v) is 21.6. The predicted molar refractivity (Wildman–Crippen MR) is 140 cm³/mol. The highest BCUT2D eigenvalue weighted by molar-refractivity contribution is 7.99. The molecule has 0 atom stereocenters. The zero-order chi connectivity index (χ0) is 22.3. The third-order valence-corrected chi connectivity index (χ3v) is 8.09. The maximum absolute atomic E-state index is 13.3. The largest absolute Gasteiger partial charge is 0.379 e. The molecule has 4 rings (SSSR count). The average Bonchev–Trinajstić information content (AvgIpc) is 3.25. The van der Waals surface area contributed by atoms with Gasteiger partial charge in [0.15, 0.2) is 5.13 Å². The predicted octanol–water partition coefficient (Wildman–Crippen LogP) is 5.43. The number of hydrogen-bond donors (Lipinski definition) is 0. The second kappa shape index (κ2) is 12.9. The van der Waals surface area contributed by atoms with Gasteiger partial charge in [-0.05, 0) is 42.7 Å². The quantitative estimate of drug-likeness (QED) is 0.346. The summed E-state index contributed by atoms with van der Waals surface area (Å²) in [6.07, 6.45) is 2.44. The SMILES string of the molecule is CSc1cccc2sc(N(CCN3CCOCC3)C(=O)CCSc3ccc(F)cc3)nc12.Cl. The first-order valence-electron chi connectivity index (χ1n) is 10.6. The molecule has 1 fully saturated rings. The first-order valence-corrected chi connectivity index (χ1v) is 13.6. The summed E-state index contributed by atoms with van der Waals surface area (Å²) in [6, 6.07) is 12.6. The Morgan fingerprint density at radius 3 is 2.70 bits per heavy atom. The third-order valence-electron chi connectivity index (χ3n) is 5.26. The van der Waals surface area contributed by atoms with Gasteiger partial charge in [0.05, 0.1) is 23.4 Å². The molecule has 178 valence electrons. The van der Waals surface area contributed by atoms with Gasteiger partial charge in [-0.25, -0.2) is 9.37 Å². The van der Waals surface area contributed by atoms with Crippen LogP contribution in [0.3, 0.4) is 0 Å². The summed E-state index contributed by atoms with van der Waals surface area (Å²) >= 11 is 4.80. The van der Waals surface area contributed by atoms with E-state index in [-0.39, 0.29) is 24.1 Å². The van der Waals surface area contributed by atoms with Crippen molar-refractivity contribution in [1.29, 1.82) is 0 Å². The number of thiazole rings is 1. The fraction of sp³-hybridized carbons (Fsp3) is 0.391. The molecule has 0 bridgehead atoms. The van der Waals surface area contributed by atoms with E-state index in [9.17, 15) is 9.18 Å². The van der Waals surface area contributed by atoms with Gasteiger partial charge in [-0.15, -0.1) is 35.9 Å². The highest BCUT2D eigenvalue weighted by Gasteiger charge is 2.22. The van der Waals surface area contributed by atoms with Crippen molar-refractivity contribution in [2.24, 2.45) is 0 Å². The number of thioether (sulfide) groups is 2. The van der Waals surface area contributed by atoms with E-state index in [1.807, 2.05) is 17.2 Å². The number of ether oxygens (including phenoxy) is 1. The molecule has 1 amide bonds. The number of para-hydroxylation sites is 1. The molecule has 1 aliphatic heterocycles. The lowest BCUT2D eigenvalue weighted by atomic mass is 10.3. The van der Waals surface area contributed by atoms with Gasteiger partial charge in [0.2, 0.25) is 5.91 Å². The monoisotopic (exact) mass is 527 g/mol. The second-order valence-corrected chi connectivity index (χ2v) is 10.4. The normalized spacial score (nSPS) is 14.2. The summed E-state index contributed by atoms with van der Waals surface area (Å²) in [6.45, 7) is 4.65. The van der Waals surface area contributed by atoms with Crippen molar-refractivity contribution < 1.29 is 13.9 Å². The van der Waals surface area contributed by atoms with Crippen LogP contribution in [0.15, 0.2) is 52.3 Å². The molecule has 0 radical (unpaired) electrons. The summed E-state index contributed by atoms with van der Waals surface area (Å²) in [5, 5.41) is 0.756. The van der Waals surface area contributed by atoms with E-state index in [1.54, 1.807) is 47.0 Å². The van der Waals surface area contributed by atoms with Crippen molar-refractivity contribution in [3.63, 3.8) is 0 Å². The molecule has 10 heteroatoms. The number of aromatic nitrogens is 1. The minimum Gasteiger partial charge on any atom is -0.379 e. The van der Waals surface area contributed by atoms with Crippen LogP contribution < -0.4 is 4.90 Å². The molecule has 0 N–H and O–H groups in total. The number of anilines is 1. The number of fused-ring (bicyclic) bond motifs is 1. The number of halogens is 2. The lowest BCUT2D eigenvalue weighted by Gasteiger charge is -2.29. The van der Waals surface area contributed by atoms with Gasteiger partial charge >= 0.3 is 0 Å². The molecular weight excluding hydrogens is 501 g/mol. The molecule has 0 aliphatic carbocycles. The summed E-state index contributed by atoms with van der Waals surface area (Å²) in [5.74, 6) is 0.456. The molecule has 2 heterocycles. The number of carbonyl (C=O) groups is 1. The molecule has 0 unspecified atom stereocenters. The van der Waals surface area contributed by atoms with Crippen molar-refractivity contribution in [3.05, 3.63) is 48.3 Å². The Kier molecular flexibility index (Phi) is 10.3. The van der Waals surface area contributed by atoms with E-state index in [0.29, 0.717) is 18.7 Å². The lowest BCUT2D eigenvalue weighted by Crippen LogP contribution is -2.43. The van der Waals surface area contributed by atoms with Crippen LogP contribution >= 0.6 is 47.3 Å². The number of nitrogens with zero attached hydrogens (tertiary/aromatic N) is 3. The van der Waals surface area contributed by atoms with E-state index in [1.165, 1.54) is 12.1 Å². The molecule has 1 aromatic heterocycles. The number of morpholine rings is 1. The number of rotatable bonds is 9. The molecule has 1 aliphatic rings. The van der Waals surface area contributed by atoms with Crippen LogP contribution in [-0.4, -0.2) is 67.2 Å². The van der Waals surface area contributed by atoms with E-state index in [4.69, 9.17) is 9.72 Å². The molecule has 2 aromatic carbocycles. The summed E-state index contributed by atoms with van der Waals surface area (Å²) in [5.41, 5.74) is 0.963. The van der Waals surface area contributed by atoms with E-state index < -0.39 is 0 Å². The van der Waals surface area contributed by atoms with Gasteiger partial charge in [-0.2, -0.15) is 0 Å². The fourth-order valence-electron chi connectivity index (χ4n) is 3.51. The van der Waals surface area contributed by atoms with Crippen LogP contribution in [0.4, 0.5) is 9.52 Å². The topological polar surface area (TPSA) is 45.7 Å². The first kappa shape index (κ1) is 26.2. The zero-order valence-electron chi connectivity index (χ0n) is 18.4. The molecule has 1 saturated heterocycles. The van der Waals surface area contributed by atoms with Crippen molar-refractivity contribution in [2.75, 3.05) is 56.3 Å². The Bertz CT molecular complexity index is 1050. The summed E-state index contributed by atoms with van der Waals surface area (Å²) < 4.78 is 19.7. The first-order chi connectivity index (χ1) is 15.6. The summed E-state index contributed by atoms with van der Waals surface area (Å²) in [4.78, 5) is 24.4. The minimum absolute atomic E-state index is 0. The average molecular weight is 528 g/mol. The Morgan fingerprint density at radius 2 is 1.97 bits per heavy atom. The van der Waals surface area contributed by atoms with E-state index >= 15 is 0 Å². The second-order valence-electron chi connectivity index (χ2n) is 7.36. The fourth-order valence-corrected chi connectivity index (χ4v) is 6.01. The molecule has 5 nitrogen and oxygen atoms in total. The van der Waals surface area contributed by atoms with Crippen LogP contribution in [0.2, 0.25) is 0 Å². The minimum atomic E-state index is -0.250. The van der Waals surface area contributed by atoms with Crippen molar-refractivity contribution in [3.8, 4) is 0 Å². The van der Waals surface area contributed by atoms with Crippen LogP contribution in [0.5, 0.6) is 0 Å². The van der Waals surface area contributed by atoms with Crippen molar-refractivity contribution in [2.45, 2.75) is 16.2 Å².